The summed E-state index contributed by atoms with van der Waals surface area (Å²) in [5.41, 5.74) is 1.52. The van der Waals surface area contributed by atoms with Gasteiger partial charge in [0.05, 0.1) is 18.0 Å². The number of carbonyl (C=O) groups excluding carboxylic acids is 1. The molecule has 3 rings (SSSR count). The van der Waals surface area contributed by atoms with Gasteiger partial charge < -0.3 is 15.3 Å². The highest BCUT2D eigenvalue weighted by molar-refractivity contribution is 5.92. The predicted octanol–water partition coefficient (Wildman–Crippen LogP) is 1.86. The van der Waals surface area contributed by atoms with E-state index in [-0.39, 0.29) is 18.7 Å². The van der Waals surface area contributed by atoms with Gasteiger partial charge in [-0.3, -0.25) is 0 Å². The number of aliphatic hydroxyl groups excluding tert-OH is 1. The Hall–Kier alpha value is -2.34. The Kier molecular flexibility index (Phi) is 3.87. The number of aromatic nitrogens is 2. The molecule has 1 heterocycles. The summed E-state index contributed by atoms with van der Waals surface area (Å²) in [7, 11) is 0. The molecule has 2 N–H and O–H groups in total. The molecular formula is C15H18N4O2. The van der Waals surface area contributed by atoms with Gasteiger partial charge in [-0.05, 0) is 31.0 Å². The van der Waals surface area contributed by atoms with E-state index in [1.165, 1.54) is 0 Å². The summed E-state index contributed by atoms with van der Waals surface area (Å²) in [6.07, 6.45) is 5.54. The Morgan fingerprint density at radius 2 is 2.19 bits per heavy atom. The van der Waals surface area contributed by atoms with Crippen LogP contribution in [-0.2, 0) is 0 Å². The van der Waals surface area contributed by atoms with Crippen LogP contribution in [0, 0.1) is 0 Å². The van der Waals surface area contributed by atoms with E-state index in [2.05, 4.69) is 10.4 Å². The number of rotatable bonds is 5. The highest BCUT2D eigenvalue weighted by Gasteiger charge is 2.32. The van der Waals surface area contributed by atoms with Crippen molar-refractivity contribution in [3.8, 4) is 5.69 Å². The number of benzene rings is 1. The van der Waals surface area contributed by atoms with Gasteiger partial charge in [-0.2, -0.15) is 5.10 Å². The van der Waals surface area contributed by atoms with E-state index < -0.39 is 0 Å². The van der Waals surface area contributed by atoms with Crippen molar-refractivity contribution < 1.29 is 9.90 Å². The topological polar surface area (TPSA) is 70.4 Å². The van der Waals surface area contributed by atoms with Crippen molar-refractivity contribution in [1.82, 2.24) is 14.7 Å². The van der Waals surface area contributed by atoms with Crippen LogP contribution >= 0.6 is 0 Å². The third kappa shape index (κ3) is 3.05. The summed E-state index contributed by atoms with van der Waals surface area (Å²) in [5.74, 6) is 0. The molecule has 0 atom stereocenters. The molecule has 0 aliphatic heterocycles. The number of urea groups is 1. The largest absolute Gasteiger partial charge is 0.395 e. The van der Waals surface area contributed by atoms with Crippen molar-refractivity contribution in [1.29, 1.82) is 0 Å². The van der Waals surface area contributed by atoms with Crippen molar-refractivity contribution in [3.05, 3.63) is 42.7 Å². The van der Waals surface area contributed by atoms with Crippen molar-refractivity contribution in [2.45, 2.75) is 18.9 Å². The molecule has 1 aromatic carbocycles. The molecule has 6 nitrogen and oxygen atoms in total. The Bertz CT molecular complexity index is 608. The van der Waals surface area contributed by atoms with E-state index in [9.17, 15) is 4.79 Å². The summed E-state index contributed by atoms with van der Waals surface area (Å²) in [4.78, 5) is 14.1. The molecule has 110 valence electrons. The van der Waals surface area contributed by atoms with Gasteiger partial charge in [0, 0.05) is 25.0 Å². The van der Waals surface area contributed by atoms with Crippen LogP contribution in [0.1, 0.15) is 12.8 Å². The maximum atomic E-state index is 12.4. The predicted molar refractivity (Wildman–Crippen MR) is 79.4 cm³/mol. The first kappa shape index (κ1) is 13.6. The third-order valence-corrected chi connectivity index (χ3v) is 3.49. The average Bonchev–Trinajstić information content (AvgIpc) is 3.19. The lowest BCUT2D eigenvalue weighted by Crippen LogP contribution is -2.38. The number of para-hydroxylation sites is 2. The Labute approximate surface area is 123 Å². The second kappa shape index (κ2) is 5.97. The van der Waals surface area contributed by atoms with E-state index in [1.807, 2.05) is 36.5 Å². The SMILES string of the molecule is O=C(Nc1ccccc1-n1cccn1)N(CCO)C1CC1. The van der Waals surface area contributed by atoms with E-state index in [0.29, 0.717) is 12.2 Å². The minimum Gasteiger partial charge on any atom is -0.395 e. The highest BCUT2D eigenvalue weighted by atomic mass is 16.3. The summed E-state index contributed by atoms with van der Waals surface area (Å²) in [6, 6.07) is 9.44. The number of anilines is 1. The summed E-state index contributed by atoms with van der Waals surface area (Å²) in [6.45, 7) is 0.338. The highest BCUT2D eigenvalue weighted by Crippen LogP contribution is 2.28. The maximum Gasteiger partial charge on any atom is 0.322 e. The smallest absolute Gasteiger partial charge is 0.322 e. The minimum atomic E-state index is -0.175. The molecule has 1 aliphatic carbocycles. The summed E-state index contributed by atoms with van der Waals surface area (Å²) >= 11 is 0. The van der Waals surface area contributed by atoms with Crippen molar-refractivity contribution >= 4 is 11.7 Å². The molecule has 0 unspecified atom stereocenters. The molecule has 0 bridgehead atoms. The molecule has 0 spiro atoms. The first-order valence-corrected chi connectivity index (χ1v) is 7.07. The Morgan fingerprint density at radius 1 is 1.38 bits per heavy atom. The molecule has 1 aliphatic rings. The lowest BCUT2D eigenvalue weighted by molar-refractivity contribution is 0.185. The van der Waals surface area contributed by atoms with Crippen molar-refractivity contribution in [3.63, 3.8) is 0 Å². The first-order valence-electron chi connectivity index (χ1n) is 7.07. The van der Waals surface area contributed by atoms with Gasteiger partial charge in [0.2, 0.25) is 0 Å². The van der Waals surface area contributed by atoms with Gasteiger partial charge in [0.15, 0.2) is 0 Å². The quantitative estimate of drug-likeness (QED) is 0.881. The van der Waals surface area contributed by atoms with Crippen LogP contribution in [0.4, 0.5) is 10.5 Å². The molecule has 1 fully saturated rings. The average molecular weight is 286 g/mol. The van der Waals surface area contributed by atoms with E-state index in [1.54, 1.807) is 15.8 Å². The summed E-state index contributed by atoms with van der Waals surface area (Å²) < 4.78 is 1.71. The van der Waals surface area contributed by atoms with Crippen LogP contribution in [0.3, 0.4) is 0 Å². The van der Waals surface area contributed by atoms with Crippen LogP contribution in [0.2, 0.25) is 0 Å². The van der Waals surface area contributed by atoms with Crippen LogP contribution in [0.15, 0.2) is 42.7 Å². The van der Waals surface area contributed by atoms with Crippen LogP contribution < -0.4 is 5.32 Å². The molecular weight excluding hydrogens is 268 g/mol. The zero-order valence-electron chi connectivity index (χ0n) is 11.6. The van der Waals surface area contributed by atoms with Gasteiger partial charge in [-0.1, -0.05) is 12.1 Å². The second-order valence-electron chi connectivity index (χ2n) is 5.05. The Morgan fingerprint density at radius 3 is 2.86 bits per heavy atom. The number of amides is 2. The molecule has 2 amide bonds. The minimum absolute atomic E-state index is 0.0231. The van der Waals surface area contributed by atoms with Gasteiger partial charge >= 0.3 is 6.03 Å². The van der Waals surface area contributed by atoms with Crippen molar-refractivity contribution in [2.24, 2.45) is 0 Å². The molecule has 6 heteroatoms. The number of hydrogen-bond acceptors (Lipinski definition) is 3. The molecule has 1 aromatic heterocycles. The van der Waals surface area contributed by atoms with Crippen molar-refractivity contribution in [2.75, 3.05) is 18.5 Å². The monoisotopic (exact) mass is 286 g/mol. The van der Waals surface area contributed by atoms with Gasteiger partial charge in [-0.25, -0.2) is 9.48 Å². The molecule has 0 radical (unpaired) electrons. The lowest BCUT2D eigenvalue weighted by atomic mass is 10.2. The Balaban J connectivity index is 1.79. The molecule has 21 heavy (non-hydrogen) atoms. The normalized spacial score (nSPS) is 14.0. The second-order valence-corrected chi connectivity index (χ2v) is 5.05. The fraction of sp³-hybridized carbons (Fsp3) is 0.333. The van der Waals surface area contributed by atoms with Gasteiger partial charge in [0.25, 0.3) is 0 Å². The van der Waals surface area contributed by atoms with Gasteiger partial charge in [0.1, 0.15) is 0 Å². The van der Waals surface area contributed by atoms with Crippen LogP contribution in [-0.4, -0.2) is 45.0 Å². The van der Waals surface area contributed by atoms with E-state index >= 15 is 0 Å². The van der Waals surface area contributed by atoms with Gasteiger partial charge in [-0.15, -0.1) is 0 Å². The van der Waals surface area contributed by atoms with Crippen LogP contribution in [0.5, 0.6) is 0 Å². The number of aliphatic hydroxyl groups is 1. The number of nitrogens with one attached hydrogen (secondary N) is 1. The standard InChI is InChI=1S/C15H18N4O2/c20-11-10-18(12-6-7-12)15(21)17-13-4-1-2-5-14(13)19-9-3-8-16-19/h1-5,8-9,12,20H,6-7,10-11H2,(H,17,21). The van der Waals surface area contributed by atoms with E-state index in [0.717, 1.165) is 18.5 Å². The number of hydrogen-bond donors (Lipinski definition) is 2. The van der Waals surface area contributed by atoms with Crippen LogP contribution in [0.25, 0.3) is 5.69 Å². The summed E-state index contributed by atoms with van der Waals surface area (Å²) in [5, 5.41) is 16.2. The zero-order valence-corrected chi connectivity index (χ0v) is 11.6. The molecule has 0 saturated heterocycles. The molecule has 2 aromatic rings. The van der Waals surface area contributed by atoms with E-state index in [4.69, 9.17) is 5.11 Å². The maximum absolute atomic E-state index is 12.4. The molecule has 1 saturated carbocycles. The third-order valence-electron chi connectivity index (χ3n) is 3.49. The first-order chi connectivity index (χ1) is 10.3. The fourth-order valence-electron chi connectivity index (χ4n) is 2.32. The fourth-order valence-corrected chi connectivity index (χ4v) is 2.32. The lowest BCUT2D eigenvalue weighted by Gasteiger charge is -2.22. The number of carbonyl (C=O) groups is 1. The number of nitrogens with zero attached hydrogens (tertiary/aromatic N) is 3. The zero-order chi connectivity index (χ0) is 14.7.